The first-order valence-corrected chi connectivity index (χ1v) is 5.94. The summed E-state index contributed by atoms with van der Waals surface area (Å²) in [6.07, 6.45) is 0. The first-order chi connectivity index (χ1) is 8.33. The lowest BCUT2D eigenvalue weighted by Gasteiger charge is -1.94. The number of benzene rings is 1. The Morgan fingerprint density at radius 1 is 1.12 bits per heavy atom. The van der Waals surface area contributed by atoms with Crippen molar-refractivity contribution in [1.82, 2.24) is 10.1 Å². The highest BCUT2D eigenvalue weighted by Crippen LogP contribution is 2.25. The molecule has 4 nitrogen and oxygen atoms in total. The van der Waals surface area contributed by atoms with Gasteiger partial charge in [-0.3, -0.25) is 0 Å². The zero-order valence-corrected chi connectivity index (χ0v) is 9.65. The van der Waals surface area contributed by atoms with E-state index in [-0.39, 0.29) is 0 Å². The molecule has 0 saturated heterocycles. The molecule has 0 radical (unpaired) electrons. The van der Waals surface area contributed by atoms with Gasteiger partial charge in [0, 0.05) is 11.3 Å². The lowest BCUT2D eigenvalue weighted by molar-refractivity contribution is 0.432. The summed E-state index contributed by atoms with van der Waals surface area (Å²) in [6, 6.07) is 11.3. The molecule has 0 atom stereocenters. The molecule has 0 aliphatic heterocycles. The zero-order chi connectivity index (χ0) is 11.7. The molecule has 0 amide bonds. The van der Waals surface area contributed by atoms with Gasteiger partial charge in [-0.25, -0.2) is 0 Å². The van der Waals surface area contributed by atoms with Crippen molar-refractivity contribution in [1.29, 1.82) is 0 Å². The molecule has 2 aromatic heterocycles. The number of aromatic nitrogens is 2. The van der Waals surface area contributed by atoms with Crippen LogP contribution < -0.4 is 5.73 Å². The quantitative estimate of drug-likeness (QED) is 0.702. The molecule has 2 N–H and O–H groups in total. The Hall–Kier alpha value is -2.14. The molecule has 1 aromatic carbocycles. The van der Waals surface area contributed by atoms with Crippen molar-refractivity contribution < 1.29 is 4.52 Å². The number of anilines is 1. The third-order valence-electron chi connectivity index (χ3n) is 2.33. The minimum atomic E-state index is 0.508. The predicted octanol–water partition coefficient (Wildman–Crippen LogP) is 3.05. The molecular weight excluding hydrogens is 234 g/mol. The smallest absolute Gasteiger partial charge is 0.258 e. The van der Waals surface area contributed by atoms with Crippen LogP contribution in [0.5, 0.6) is 0 Å². The second-order valence-electron chi connectivity index (χ2n) is 3.52. The maximum Gasteiger partial charge on any atom is 0.258 e. The fourth-order valence-electron chi connectivity index (χ4n) is 1.47. The maximum absolute atomic E-state index is 5.62. The summed E-state index contributed by atoms with van der Waals surface area (Å²) in [4.78, 5) is 5.34. The van der Waals surface area contributed by atoms with Gasteiger partial charge in [-0.05, 0) is 35.7 Å². The Morgan fingerprint density at radius 2 is 1.94 bits per heavy atom. The Labute approximate surface area is 102 Å². The second-order valence-corrected chi connectivity index (χ2v) is 4.47. The largest absolute Gasteiger partial charge is 0.399 e. The van der Waals surface area contributed by atoms with Crippen LogP contribution in [0.3, 0.4) is 0 Å². The van der Waals surface area contributed by atoms with Crippen LogP contribution in [-0.2, 0) is 0 Å². The van der Waals surface area contributed by atoms with Crippen LogP contribution >= 0.6 is 11.3 Å². The van der Waals surface area contributed by atoms with E-state index in [0.717, 1.165) is 10.4 Å². The van der Waals surface area contributed by atoms with E-state index in [1.807, 2.05) is 41.8 Å². The SMILES string of the molecule is Nc1ccc(-c2nc(-c3cccs3)no2)cc1. The summed E-state index contributed by atoms with van der Waals surface area (Å²) >= 11 is 1.58. The fourth-order valence-corrected chi connectivity index (χ4v) is 2.12. The van der Waals surface area contributed by atoms with E-state index in [0.29, 0.717) is 17.4 Å². The Bertz CT molecular complexity index is 614. The van der Waals surface area contributed by atoms with Crippen molar-refractivity contribution in [2.24, 2.45) is 0 Å². The van der Waals surface area contributed by atoms with Gasteiger partial charge in [0.25, 0.3) is 5.89 Å². The van der Waals surface area contributed by atoms with E-state index >= 15 is 0 Å². The Balaban J connectivity index is 1.98. The first-order valence-electron chi connectivity index (χ1n) is 5.06. The van der Waals surface area contributed by atoms with Gasteiger partial charge in [0.1, 0.15) is 0 Å². The Kier molecular flexibility index (Phi) is 2.38. The van der Waals surface area contributed by atoms with E-state index in [2.05, 4.69) is 10.1 Å². The minimum absolute atomic E-state index is 0.508. The lowest BCUT2D eigenvalue weighted by Crippen LogP contribution is -1.84. The van der Waals surface area contributed by atoms with E-state index < -0.39 is 0 Å². The Morgan fingerprint density at radius 3 is 2.65 bits per heavy atom. The van der Waals surface area contributed by atoms with Crippen LogP contribution in [0, 0.1) is 0 Å². The first kappa shape index (κ1) is 10.0. The standard InChI is InChI=1S/C12H9N3OS/c13-9-5-3-8(4-6-9)12-14-11(15-16-12)10-2-1-7-17-10/h1-7H,13H2. The number of nitrogen functional groups attached to an aromatic ring is 1. The third-order valence-corrected chi connectivity index (χ3v) is 3.19. The molecular formula is C12H9N3OS. The van der Waals surface area contributed by atoms with Gasteiger partial charge < -0.3 is 10.3 Å². The average Bonchev–Trinajstić information content (AvgIpc) is 3.00. The maximum atomic E-state index is 5.62. The summed E-state index contributed by atoms with van der Waals surface area (Å²) in [6.45, 7) is 0. The van der Waals surface area contributed by atoms with Crippen LogP contribution in [0.25, 0.3) is 22.2 Å². The van der Waals surface area contributed by atoms with E-state index in [1.165, 1.54) is 0 Å². The summed E-state index contributed by atoms with van der Waals surface area (Å²) < 4.78 is 5.22. The van der Waals surface area contributed by atoms with Crippen LogP contribution in [0.2, 0.25) is 0 Å². The molecule has 5 heteroatoms. The predicted molar refractivity (Wildman–Crippen MR) is 67.5 cm³/mol. The van der Waals surface area contributed by atoms with Crippen molar-refractivity contribution in [2.45, 2.75) is 0 Å². The summed E-state index contributed by atoms with van der Waals surface area (Å²) in [5.41, 5.74) is 7.21. The molecule has 0 spiro atoms. The van der Waals surface area contributed by atoms with Crippen LogP contribution in [0.1, 0.15) is 0 Å². The molecule has 0 aliphatic carbocycles. The van der Waals surface area contributed by atoms with Gasteiger partial charge in [0.05, 0.1) is 4.88 Å². The number of hydrogen-bond acceptors (Lipinski definition) is 5. The van der Waals surface area contributed by atoms with Gasteiger partial charge in [-0.15, -0.1) is 11.3 Å². The molecule has 0 bridgehead atoms. The molecule has 3 aromatic rings. The van der Waals surface area contributed by atoms with Gasteiger partial charge >= 0.3 is 0 Å². The highest BCUT2D eigenvalue weighted by atomic mass is 32.1. The van der Waals surface area contributed by atoms with Gasteiger partial charge in [-0.2, -0.15) is 4.98 Å². The minimum Gasteiger partial charge on any atom is -0.399 e. The van der Waals surface area contributed by atoms with E-state index in [9.17, 15) is 0 Å². The number of nitrogens with two attached hydrogens (primary N) is 1. The normalized spacial score (nSPS) is 10.6. The van der Waals surface area contributed by atoms with Crippen molar-refractivity contribution >= 4 is 17.0 Å². The topological polar surface area (TPSA) is 64.9 Å². The van der Waals surface area contributed by atoms with E-state index in [4.69, 9.17) is 10.3 Å². The third kappa shape index (κ3) is 1.92. The lowest BCUT2D eigenvalue weighted by atomic mass is 10.2. The van der Waals surface area contributed by atoms with Crippen LogP contribution in [-0.4, -0.2) is 10.1 Å². The van der Waals surface area contributed by atoms with Crippen LogP contribution in [0.4, 0.5) is 5.69 Å². The summed E-state index contributed by atoms with van der Waals surface area (Å²) in [7, 11) is 0. The number of nitrogens with zero attached hydrogens (tertiary/aromatic N) is 2. The molecule has 17 heavy (non-hydrogen) atoms. The molecule has 84 valence electrons. The monoisotopic (exact) mass is 243 g/mol. The number of rotatable bonds is 2. The molecule has 2 heterocycles. The molecule has 0 aliphatic rings. The molecule has 0 unspecified atom stereocenters. The van der Waals surface area contributed by atoms with Crippen LogP contribution in [0.15, 0.2) is 46.3 Å². The van der Waals surface area contributed by atoms with Gasteiger partial charge in [0.2, 0.25) is 5.82 Å². The van der Waals surface area contributed by atoms with Gasteiger partial charge in [0.15, 0.2) is 0 Å². The van der Waals surface area contributed by atoms with Crippen molar-refractivity contribution in [3.63, 3.8) is 0 Å². The number of hydrogen-bond donors (Lipinski definition) is 1. The fraction of sp³-hybridized carbons (Fsp3) is 0. The zero-order valence-electron chi connectivity index (χ0n) is 8.83. The highest BCUT2D eigenvalue weighted by molar-refractivity contribution is 7.13. The molecule has 3 rings (SSSR count). The average molecular weight is 243 g/mol. The number of thiophene rings is 1. The highest BCUT2D eigenvalue weighted by Gasteiger charge is 2.10. The summed E-state index contributed by atoms with van der Waals surface area (Å²) in [5.74, 6) is 1.13. The molecule has 0 fully saturated rings. The van der Waals surface area contributed by atoms with Gasteiger partial charge in [-0.1, -0.05) is 11.2 Å². The summed E-state index contributed by atoms with van der Waals surface area (Å²) in [5, 5.41) is 5.93. The van der Waals surface area contributed by atoms with Crippen molar-refractivity contribution in [3.05, 3.63) is 41.8 Å². The van der Waals surface area contributed by atoms with E-state index in [1.54, 1.807) is 11.3 Å². The van der Waals surface area contributed by atoms with Crippen molar-refractivity contribution in [2.75, 3.05) is 5.73 Å². The van der Waals surface area contributed by atoms with Crippen molar-refractivity contribution in [3.8, 4) is 22.2 Å². The second kappa shape index (κ2) is 4.03. The molecule has 0 saturated carbocycles.